The van der Waals surface area contributed by atoms with Crippen molar-refractivity contribution >= 4 is 16.8 Å². The molecule has 0 spiro atoms. The Morgan fingerprint density at radius 1 is 1.30 bits per heavy atom. The van der Waals surface area contributed by atoms with E-state index in [1.54, 1.807) is 12.4 Å². The highest BCUT2D eigenvalue weighted by Gasteiger charge is 2.14. The summed E-state index contributed by atoms with van der Waals surface area (Å²) in [4.78, 5) is 8.78. The number of nitrogens with zero attached hydrogens (tertiary/aromatic N) is 3. The standard InChI is InChI=1S/C15H16N4O/c1-9(2)17-13-7-12(11-5-4-6-16-8-11)18-14-10(3)19-20-15(13)14/h4-9H,1-3H3,(H,17,18). The normalized spacial score (nSPS) is 11.2. The molecule has 0 bridgehead atoms. The van der Waals surface area contributed by atoms with Crippen molar-refractivity contribution in [3.8, 4) is 11.3 Å². The number of fused-ring (bicyclic) bond motifs is 1. The molecule has 102 valence electrons. The topological polar surface area (TPSA) is 63.8 Å². The van der Waals surface area contributed by atoms with Crippen LogP contribution in [0.25, 0.3) is 22.4 Å². The maximum atomic E-state index is 5.38. The first kappa shape index (κ1) is 12.6. The molecule has 1 N–H and O–H groups in total. The van der Waals surface area contributed by atoms with Gasteiger partial charge in [-0.2, -0.15) is 0 Å². The van der Waals surface area contributed by atoms with Gasteiger partial charge in [-0.1, -0.05) is 5.16 Å². The second kappa shape index (κ2) is 4.92. The van der Waals surface area contributed by atoms with Crippen molar-refractivity contribution in [1.82, 2.24) is 15.1 Å². The van der Waals surface area contributed by atoms with E-state index in [4.69, 9.17) is 4.52 Å². The number of pyridine rings is 2. The summed E-state index contributed by atoms with van der Waals surface area (Å²) >= 11 is 0. The highest BCUT2D eigenvalue weighted by Crippen LogP contribution is 2.29. The largest absolute Gasteiger partial charge is 0.380 e. The van der Waals surface area contributed by atoms with E-state index in [0.29, 0.717) is 11.6 Å². The van der Waals surface area contributed by atoms with Gasteiger partial charge in [0.1, 0.15) is 11.2 Å². The van der Waals surface area contributed by atoms with Crippen LogP contribution in [-0.4, -0.2) is 21.2 Å². The summed E-state index contributed by atoms with van der Waals surface area (Å²) in [5.74, 6) is 0. The zero-order valence-electron chi connectivity index (χ0n) is 11.7. The Morgan fingerprint density at radius 3 is 2.85 bits per heavy atom. The van der Waals surface area contributed by atoms with Crippen LogP contribution in [0.5, 0.6) is 0 Å². The lowest BCUT2D eigenvalue weighted by Crippen LogP contribution is -2.10. The number of nitrogens with one attached hydrogen (secondary N) is 1. The zero-order valence-corrected chi connectivity index (χ0v) is 11.7. The summed E-state index contributed by atoms with van der Waals surface area (Å²) in [6.45, 7) is 6.06. The quantitative estimate of drug-likeness (QED) is 0.788. The minimum atomic E-state index is 0.299. The van der Waals surface area contributed by atoms with Gasteiger partial charge >= 0.3 is 0 Å². The van der Waals surface area contributed by atoms with Gasteiger partial charge in [0.15, 0.2) is 0 Å². The Morgan fingerprint density at radius 2 is 2.15 bits per heavy atom. The summed E-state index contributed by atoms with van der Waals surface area (Å²) in [5.41, 5.74) is 5.02. The fraction of sp³-hybridized carbons (Fsp3) is 0.267. The summed E-state index contributed by atoms with van der Waals surface area (Å²) in [6, 6.07) is 6.16. The number of aryl methyl sites for hydroxylation is 1. The summed E-state index contributed by atoms with van der Waals surface area (Å²) in [5, 5.41) is 7.38. The molecule has 0 atom stereocenters. The van der Waals surface area contributed by atoms with Gasteiger partial charge in [0.25, 0.3) is 0 Å². The van der Waals surface area contributed by atoms with Crippen LogP contribution in [-0.2, 0) is 0 Å². The molecule has 5 heteroatoms. The molecule has 3 rings (SSSR count). The monoisotopic (exact) mass is 268 g/mol. The molecule has 0 aromatic carbocycles. The highest BCUT2D eigenvalue weighted by molar-refractivity contribution is 5.90. The van der Waals surface area contributed by atoms with Crippen LogP contribution in [0.2, 0.25) is 0 Å². The van der Waals surface area contributed by atoms with Crippen LogP contribution in [0.3, 0.4) is 0 Å². The van der Waals surface area contributed by atoms with Crippen molar-refractivity contribution in [2.45, 2.75) is 26.8 Å². The fourth-order valence-corrected chi connectivity index (χ4v) is 2.11. The first-order valence-corrected chi connectivity index (χ1v) is 6.59. The third-order valence-electron chi connectivity index (χ3n) is 2.99. The molecule has 0 radical (unpaired) electrons. The van der Waals surface area contributed by atoms with Crippen molar-refractivity contribution in [3.05, 3.63) is 36.3 Å². The molecule has 3 heterocycles. The Labute approximate surface area is 117 Å². The molecular weight excluding hydrogens is 252 g/mol. The average molecular weight is 268 g/mol. The summed E-state index contributed by atoms with van der Waals surface area (Å²) < 4.78 is 5.38. The lowest BCUT2D eigenvalue weighted by Gasteiger charge is -2.11. The van der Waals surface area contributed by atoms with Crippen LogP contribution in [0.1, 0.15) is 19.5 Å². The van der Waals surface area contributed by atoms with Gasteiger partial charge in [0, 0.05) is 24.0 Å². The molecule has 5 nitrogen and oxygen atoms in total. The number of aromatic nitrogens is 3. The molecule has 0 saturated carbocycles. The number of hydrogen-bond donors (Lipinski definition) is 1. The molecule has 20 heavy (non-hydrogen) atoms. The van der Waals surface area contributed by atoms with Crippen LogP contribution < -0.4 is 5.32 Å². The summed E-state index contributed by atoms with van der Waals surface area (Å²) in [6.07, 6.45) is 3.55. The number of rotatable bonds is 3. The van der Waals surface area contributed by atoms with Crippen LogP contribution in [0, 0.1) is 6.92 Å². The zero-order chi connectivity index (χ0) is 14.1. The smallest absolute Gasteiger partial charge is 0.208 e. The lowest BCUT2D eigenvalue weighted by atomic mass is 10.1. The van der Waals surface area contributed by atoms with Gasteiger partial charge < -0.3 is 9.84 Å². The van der Waals surface area contributed by atoms with Crippen molar-refractivity contribution in [2.24, 2.45) is 0 Å². The van der Waals surface area contributed by atoms with Crippen LogP contribution in [0.4, 0.5) is 5.69 Å². The predicted octanol–water partition coefficient (Wildman–Crippen LogP) is 3.41. The van der Waals surface area contributed by atoms with Crippen molar-refractivity contribution < 1.29 is 4.52 Å². The maximum Gasteiger partial charge on any atom is 0.208 e. The predicted molar refractivity (Wildman–Crippen MR) is 78.5 cm³/mol. The van der Waals surface area contributed by atoms with E-state index >= 15 is 0 Å². The highest BCUT2D eigenvalue weighted by atomic mass is 16.5. The second-order valence-electron chi connectivity index (χ2n) is 5.04. The fourth-order valence-electron chi connectivity index (χ4n) is 2.11. The van der Waals surface area contributed by atoms with E-state index in [1.165, 1.54) is 0 Å². The van der Waals surface area contributed by atoms with Gasteiger partial charge in [-0.15, -0.1) is 0 Å². The Kier molecular flexibility index (Phi) is 3.10. The van der Waals surface area contributed by atoms with E-state index in [-0.39, 0.29) is 0 Å². The van der Waals surface area contributed by atoms with E-state index in [2.05, 4.69) is 34.3 Å². The number of hydrogen-bond acceptors (Lipinski definition) is 5. The van der Waals surface area contributed by atoms with Crippen LogP contribution >= 0.6 is 0 Å². The van der Waals surface area contributed by atoms with Gasteiger partial charge in [0.05, 0.1) is 11.4 Å². The van der Waals surface area contributed by atoms with Crippen LogP contribution in [0.15, 0.2) is 35.1 Å². The summed E-state index contributed by atoms with van der Waals surface area (Å²) in [7, 11) is 0. The minimum absolute atomic E-state index is 0.299. The maximum absolute atomic E-state index is 5.38. The van der Waals surface area contributed by atoms with Crippen molar-refractivity contribution in [1.29, 1.82) is 0 Å². The first-order valence-electron chi connectivity index (χ1n) is 6.59. The molecule has 0 saturated heterocycles. The first-order chi connectivity index (χ1) is 9.65. The third-order valence-corrected chi connectivity index (χ3v) is 2.99. The molecule has 0 amide bonds. The number of anilines is 1. The Hall–Kier alpha value is -2.43. The third kappa shape index (κ3) is 2.22. The Bertz CT molecular complexity index is 734. The minimum Gasteiger partial charge on any atom is -0.380 e. The molecule has 0 unspecified atom stereocenters. The SMILES string of the molecule is Cc1noc2c(NC(C)C)cc(-c3cccnc3)nc12. The Balaban J connectivity index is 2.21. The van der Waals surface area contributed by atoms with Crippen molar-refractivity contribution in [3.63, 3.8) is 0 Å². The lowest BCUT2D eigenvalue weighted by molar-refractivity contribution is 0.451. The van der Waals surface area contributed by atoms with Gasteiger partial charge in [-0.25, -0.2) is 4.98 Å². The van der Waals surface area contributed by atoms with E-state index < -0.39 is 0 Å². The average Bonchev–Trinajstić information content (AvgIpc) is 2.81. The molecule has 0 aliphatic heterocycles. The van der Waals surface area contributed by atoms with Gasteiger partial charge in [-0.05, 0) is 39.0 Å². The molecule has 0 fully saturated rings. The molecule has 3 aromatic heterocycles. The molecule has 0 aliphatic carbocycles. The second-order valence-corrected chi connectivity index (χ2v) is 5.04. The van der Waals surface area contributed by atoms with Gasteiger partial charge in [0.2, 0.25) is 5.58 Å². The van der Waals surface area contributed by atoms with E-state index in [9.17, 15) is 0 Å². The van der Waals surface area contributed by atoms with E-state index in [0.717, 1.165) is 28.2 Å². The van der Waals surface area contributed by atoms with Crippen molar-refractivity contribution in [2.75, 3.05) is 5.32 Å². The molecular formula is C15H16N4O. The van der Waals surface area contributed by atoms with Gasteiger partial charge in [-0.3, -0.25) is 4.98 Å². The molecule has 3 aromatic rings. The van der Waals surface area contributed by atoms with E-state index in [1.807, 2.05) is 25.1 Å². The molecule has 0 aliphatic rings.